The minimum absolute atomic E-state index is 0.886. The lowest BCUT2D eigenvalue weighted by Crippen LogP contribution is -1.98. The summed E-state index contributed by atoms with van der Waals surface area (Å²) in [6.45, 7) is 4.96. The summed E-state index contributed by atoms with van der Waals surface area (Å²) in [6, 6.07) is 4.05. The standard InChI is InChI=1S/C11H13N3S2/c1-3-12-10-6-9(4-5-13-10)16-11-14-8(2)7-15-11/h4-7H,3H2,1-2H3,(H,12,13). The summed E-state index contributed by atoms with van der Waals surface area (Å²) in [5.74, 6) is 0.917. The van der Waals surface area contributed by atoms with Gasteiger partial charge < -0.3 is 5.32 Å². The van der Waals surface area contributed by atoms with Crippen molar-refractivity contribution >= 4 is 28.9 Å². The molecule has 2 aromatic rings. The zero-order chi connectivity index (χ0) is 11.4. The van der Waals surface area contributed by atoms with Gasteiger partial charge in [0.2, 0.25) is 0 Å². The summed E-state index contributed by atoms with van der Waals surface area (Å²) in [4.78, 5) is 9.82. The van der Waals surface area contributed by atoms with Crippen LogP contribution in [-0.4, -0.2) is 16.5 Å². The van der Waals surface area contributed by atoms with Gasteiger partial charge in [-0.05, 0) is 26.0 Å². The molecule has 0 amide bonds. The first-order chi connectivity index (χ1) is 7.78. The highest BCUT2D eigenvalue weighted by atomic mass is 32.2. The fraction of sp³-hybridized carbons (Fsp3) is 0.273. The first kappa shape index (κ1) is 11.4. The molecule has 0 atom stereocenters. The molecule has 84 valence electrons. The molecule has 0 aromatic carbocycles. The number of nitrogens with zero attached hydrogens (tertiary/aromatic N) is 2. The quantitative estimate of drug-likeness (QED) is 0.903. The molecule has 0 unspecified atom stereocenters. The molecule has 3 nitrogen and oxygen atoms in total. The van der Waals surface area contributed by atoms with Crippen LogP contribution in [0.4, 0.5) is 5.82 Å². The summed E-state index contributed by atoms with van der Waals surface area (Å²) < 4.78 is 1.08. The summed E-state index contributed by atoms with van der Waals surface area (Å²) in [7, 11) is 0. The Labute approximate surface area is 103 Å². The first-order valence-corrected chi connectivity index (χ1v) is 6.77. The molecule has 0 spiro atoms. The second-order valence-electron chi connectivity index (χ2n) is 3.26. The molecule has 1 N–H and O–H groups in total. The van der Waals surface area contributed by atoms with E-state index in [-0.39, 0.29) is 0 Å². The number of anilines is 1. The number of nitrogens with one attached hydrogen (secondary N) is 1. The molecule has 0 saturated carbocycles. The van der Waals surface area contributed by atoms with Gasteiger partial charge in [-0.3, -0.25) is 0 Å². The summed E-state index contributed by atoms with van der Waals surface area (Å²) in [6.07, 6.45) is 1.82. The second-order valence-corrected chi connectivity index (χ2v) is 5.44. The van der Waals surface area contributed by atoms with Crippen molar-refractivity contribution in [3.8, 4) is 0 Å². The lowest BCUT2D eigenvalue weighted by Gasteiger charge is -2.03. The average molecular weight is 251 g/mol. The van der Waals surface area contributed by atoms with Crippen LogP contribution in [0.5, 0.6) is 0 Å². The van der Waals surface area contributed by atoms with Crippen molar-refractivity contribution in [2.45, 2.75) is 23.1 Å². The highest BCUT2D eigenvalue weighted by molar-refractivity contribution is 8.01. The Balaban J connectivity index is 2.12. The van der Waals surface area contributed by atoms with E-state index in [1.165, 1.54) is 4.90 Å². The van der Waals surface area contributed by atoms with Gasteiger partial charge in [0, 0.05) is 28.7 Å². The van der Waals surface area contributed by atoms with Gasteiger partial charge >= 0.3 is 0 Å². The van der Waals surface area contributed by atoms with E-state index in [4.69, 9.17) is 0 Å². The Morgan fingerprint density at radius 3 is 3.06 bits per heavy atom. The molecule has 0 radical (unpaired) electrons. The molecular weight excluding hydrogens is 238 g/mol. The first-order valence-electron chi connectivity index (χ1n) is 5.08. The molecule has 16 heavy (non-hydrogen) atoms. The molecule has 0 saturated heterocycles. The van der Waals surface area contributed by atoms with Crippen LogP contribution < -0.4 is 5.32 Å². The molecule has 0 fully saturated rings. The van der Waals surface area contributed by atoms with E-state index in [9.17, 15) is 0 Å². The van der Waals surface area contributed by atoms with Gasteiger partial charge in [0.1, 0.15) is 5.82 Å². The molecule has 0 aliphatic carbocycles. The van der Waals surface area contributed by atoms with Crippen LogP contribution in [0.25, 0.3) is 0 Å². The SMILES string of the molecule is CCNc1cc(Sc2nc(C)cs2)ccn1. The van der Waals surface area contributed by atoms with E-state index in [2.05, 4.69) is 27.6 Å². The lowest BCUT2D eigenvalue weighted by atomic mass is 10.4. The summed E-state index contributed by atoms with van der Waals surface area (Å²) >= 11 is 3.35. The number of rotatable bonds is 4. The Kier molecular flexibility index (Phi) is 3.79. The fourth-order valence-corrected chi connectivity index (χ4v) is 3.07. The van der Waals surface area contributed by atoms with Crippen molar-refractivity contribution in [1.29, 1.82) is 0 Å². The van der Waals surface area contributed by atoms with Crippen molar-refractivity contribution in [2.24, 2.45) is 0 Å². The highest BCUT2D eigenvalue weighted by Crippen LogP contribution is 2.30. The second kappa shape index (κ2) is 5.32. The average Bonchev–Trinajstić information content (AvgIpc) is 2.65. The lowest BCUT2D eigenvalue weighted by molar-refractivity contribution is 1.13. The Bertz CT molecular complexity index is 468. The number of thiazole rings is 1. The minimum atomic E-state index is 0.886. The van der Waals surface area contributed by atoms with Crippen LogP contribution in [0.15, 0.2) is 32.9 Å². The minimum Gasteiger partial charge on any atom is -0.370 e. The smallest absolute Gasteiger partial charge is 0.154 e. The Morgan fingerprint density at radius 1 is 1.50 bits per heavy atom. The third kappa shape index (κ3) is 2.96. The Hall–Kier alpha value is -1.07. The summed E-state index contributed by atoms with van der Waals surface area (Å²) in [5, 5.41) is 5.26. The molecule has 0 aliphatic rings. The van der Waals surface area contributed by atoms with Gasteiger partial charge in [-0.15, -0.1) is 11.3 Å². The van der Waals surface area contributed by atoms with Gasteiger partial charge in [0.15, 0.2) is 4.34 Å². The van der Waals surface area contributed by atoms with Crippen LogP contribution in [0.1, 0.15) is 12.6 Å². The predicted octanol–water partition coefficient (Wildman–Crippen LogP) is 3.43. The molecule has 2 aromatic heterocycles. The molecule has 2 rings (SSSR count). The molecule has 5 heteroatoms. The maximum absolute atomic E-state index is 4.42. The van der Waals surface area contributed by atoms with Gasteiger partial charge in [-0.1, -0.05) is 11.8 Å². The van der Waals surface area contributed by atoms with Crippen LogP contribution in [-0.2, 0) is 0 Å². The van der Waals surface area contributed by atoms with Crippen molar-refractivity contribution in [2.75, 3.05) is 11.9 Å². The number of aryl methyl sites for hydroxylation is 1. The van der Waals surface area contributed by atoms with Gasteiger partial charge in [-0.2, -0.15) is 0 Å². The molecule has 0 bridgehead atoms. The molecule has 2 heterocycles. The monoisotopic (exact) mass is 251 g/mol. The van der Waals surface area contributed by atoms with Crippen LogP contribution in [0.3, 0.4) is 0 Å². The number of hydrogen-bond donors (Lipinski definition) is 1. The normalized spacial score (nSPS) is 10.4. The highest BCUT2D eigenvalue weighted by Gasteiger charge is 2.02. The largest absolute Gasteiger partial charge is 0.370 e. The zero-order valence-corrected chi connectivity index (χ0v) is 10.9. The third-order valence-corrected chi connectivity index (χ3v) is 3.94. The fourth-order valence-electron chi connectivity index (χ4n) is 1.23. The van der Waals surface area contributed by atoms with E-state index in [0.717, 1.165) is 22.4 Å². The van der Waals surface area contributed by atoms with E-state index in [1.807, 2.05) is 25.3 Å². The topological polar surface area (TPSA) is 37.8 Å². The van der Waals surface area contributed by atoms with Crippen molar-refractivity contribution in [1.82, 2.24) is 9.97 Å². The van der Waals surface area contributed by atoms with Crippen molar-refractivity contribution in [3.63, 3.8) is 0 Å². The van der Waals surface area contributed by atoms with Gasteiger partial charge in [-0.25, -0.2) is 9.97 Å². The van der Waals surface area contributed by atoms with Crippen LogP contribution >= 0.6 is 23.1 Å². The van der Waals surface area contributed by atoms with Crippen LogP contribution in [0.2, 0.25) is 0 Å². The van der Waals surface area contributed by atoms with Crippen LogP contribution in [0, 0.1) is 6.92 Å². The van der Waals surface area contributed by atoms with Gasteiger partial charge in [0.05, 0.1) is 0 Å². The molecular formula is C11H13N3S2. The molecule has 0 aliphatic heterocycles. The Morgan fingerprint density at radius 2 is 2.38 bits per heavy atom. The van der Waals surface area contributed by atoms with E-state index in [1.54, 1.807) is 23.1 Å². The van der Waals surface area contributed by atoms with Crippen molar-refractivity contribution in [3.05, 3.63) is 29.4 Å². The van der Waals surface area contributed by atoms with Gasteiger partial charge in [0.25, 0.3) is 0 Å². The maximum atomic E-state index is 4.42. The number of hydrogen-bond acceptors (Lipinski definition) is 5. The predicted molar refractivity (Wildman–Crippen MR) is 69.4 cm³/mol. The maximum Gasteiger partial charge on any atom is 0.154 e. The number of pyridine rings is 1. The summed E-state index contributed by atoms with van der Waals surface area (Å²) in [5.41, 5.74) is 1.08. The zero-order valence-electron chi connectivity index (χ0n) is 9.23. The van der Waals surface area contributed by atoms with E-state index >= 15 is 0 Å². The van der Waals surface area contributed by atoms with E-state index in [0.29, 0.717) is 0 Å². The third-order valence-electron chi connectivity index (χ3n) is 1.89. The van der Waals surface area contributed by atoms with E-state index < -0.39 is 0 Å². The number of aromatic nitrogens is 2. The van der Waals surface area contributed by atoms with Crippen molar-refractivity contribution < 1.29 is 0 Å².